The summed E-state index contributed by atoms with van der Waals surface area (Å²) in [6.07, 6.45) is 0.686. The summed E-state index contributed by atoms with van der Waals surface area (Å²) in [5.41, 5.74) is 3.19. The zero-order valence-corrected chi connectivity index (χ0v) is 15.3. The van der Waals surface area contributed by atoms with Gasteiger partial charge in [-0.25, -0.2) is 9.97 Å². The molecule has 5 nitrogen and oxygen atoms in total. The number of fused-ring (bicyclic) bond motifs is 1. The second-order valence-electron chi connectivity index (χ2n) is 5.94. The Hall–Kier alpha value is -2.99. The quantitative estimate of drug-likeness (QED) is 0.548. The van der Waals surface area contributed by atoms with Crippen LogP contribution in [0.5, 0.6) is 5.75 Å². The van der Waals surface area contributed by atoms with Crippen LogP contribution in [-0.2, 0) is 6.42 Å². The fourth-order valence-corrected chi connectivity index (χ4v) is 3.73. The number of hydrogen-bond donors (Lipinski definition) is 0. The van der Waals surface area contributed by atoms with Gasteiger partial charge in [-0.2, -0.15) is 0 Å². The molecular formula is C20H17N3O2S. The number of benzene rings is 2. The van der Waals surface area contributed by atoms with Crippen molar-refractivity contribution in [1.29, 1.82) is 0 Å². The average Bonchev–Trinajstić information content (AvgIpc) is 3.25. The molecule has 0 aliphatic rings. The van der Waals surface area contributed by atoms with E-state index in [1.807, 2.05) is 60.8 Å². The van der Waals surface area contributed by atoms with Gasteiger partial charge in [-0.15, -0.1) is 11.3 Å². The van der Waals surface area contributed by atoms with Crippen molar-refractivity contribution < 1.29 is 9.53 Å². The molecule has 4 rings (SSSR count). The van der Waals surface area contributed by atoms with E-state index in [1.54, 1.807) is 11.7 Å². The van der Waals surface area contributed by atoms with Gasteiger partial charge >= 0.3 is 0 Å². The smallest absolute Gasteiger partial charge is 0.283 e. The highest BCUT2D eigenvalue weighted by molar-refractivity contribution is 7.09. The van der Waals surface area contributed by atoms with Gasteiger partial charge in [0, 0.05) is 11.8 Å². The van der Waals surface area contributed by atoms with E-state index in [4.69, 9.17) is 4.74 Å². The van der Waals surface area contributed by atoms with Crippen molar-refractivity contribution in [2.45, 2.75) is 13.3 Å². The molecule has 0 aliphatic carbocycles. The Labute approximate surface area is 154 Å². The monoisotopic (exact) mass is 363 g/mol. The van der Waals surface area contributed by atoms with Crippen LogP contribution in [0.1, 0.15) is 26.9 Å². The van der Waals surface area contributed by atoms with Gasteiger partial charge in [-0.1, -0.05) is 24.3 Å². The van der Waals surface area contributed by atoms with E-state index >= 15 is 0 Å². The van der Waals surface area contributed by atoms with Crippen LogP contribution in [0.3, 0.4) is 0 Å². The van der Waals surface area contributed by atoms with E-state index in [0.717, 1.165) is 27.4 Å². The number of carbonyl (C=O) groups excluding carboxylic acids is 1. The van der Waals surface area contributed by atoms with E-state index in [-0.39, 0.29) is 5.91 Å². The van der Waals surface area contributed by atoms with E-state index in [1.165, 1.54) is 11.3 Å². The predicted molar refractivity (Wildman–Crippen MR) is 102 cm³/mol. The Morgan fingerprint density at radius 1 is 1.12 bits per heavy atom. The number of hydrogen-bond acceptors (Lipinski definition) is 5. The zero-order valence-electron chi connectivity index (χ0n) is 14.5. The first-order valence-electron chi connectivity index (χ1n) is 8.22. The standard InChI is InChI=1S/C20H17N3O2S/c1-13-21-16-5-3-4-6-18(16)23(13)20(24)17-12-26-19(22-17)11-14-7-9-15(25-2)10-8-14/h3-10,12H,11H2,1-2H3. The molecule has 0 unspecified atom stereocenters. The number of imidazole rings is 1. The van der Waals surface area contributed by atoms with Crippen LogP contribution in [0.2, 0.25) is 0 Å². The van der Waals surface area contributed by atoms with Crippen LogP contribution in [-0.4, -0.2) is 27.6 Å². The van der Waals surface area contributed by atoms with Crippen LogP contribution in [0, 0.1) is 6.92 Å². The Morgan fingerprint density at radius 2 is 1.88 bits per heavy atom. The highest BCUT2D eigenvalue weighted by Gasteiger charge is 2.18. The molecule has 6 heteroatoms. The van der Waals surface area contributed by atoms with Crippen molar-refractivity contribution >= 4 is 28.3 Å². The first kappa shape index (κ1) is 16.5. The fourth-order valence-electron chi connectivity index (χ4n) is 2.93. The van der Waals surface area contributed by atoms with E-state index < -0.39 is 0 Å². The molecule has 0 atom stereocenters. The Balaban J connectivity index is 1.60. The highest BCUT2D eigenvalue weighted by Crippen LogP contribution is 2.21. The molecule has 4 aromatic rings. The third-order valence-electron chi connectivity index (χ3n) is 4.22. The molecule has 0 aliphatic heterocycles. The maximum absolute atomic E-state index is 12.9. The fraction of sp³-hybridized carbons (Fsp3) is 0.150. The number of aryl methyl sites for hydroxylation is 1. The Morgan fingerprint density at radius 3 is 2.65 bits per heavy atom. The molecule has 0 saturated carbocycles. The highest BCUT2D eigenvalue weighted by atomic mass is 32.1. The van der Waals surface area contributed by atoms with Gasteiger partial charge in [-0.3, -0.25) is 9.36 Å². The van der Waals surface area contributed by atoms with Crippen molar-refractivity contribution in [1.82, 2.24) is 14.5 Å². The summed E-state index contributed by atoms with van der Waals surface area (Å²) in [5.74, 6) is 1.35. The van der Waals surface area contributed by atoms with Gasteiger partial charge in [0.05, 0.1) is 23.2 Å². The number of aromatic nitrogens is 3. The number of ether oxygens (including phenoxy) is 1. The van der Waals surface area contributed by atoms with Crippen molar-refractivity contribution in [3.63, 3.8) is 0 Å². The van der Waals surface area contributed by atoms with Crippen molar-refractivity contribution in [2.24, 2.45) is 0 Å². The largest absolute Gasteiger partial charge is 0.497 e. The summed E-state index contributed by atoms with van der Waals surface area (Å²) in [5, 5.41) is 2.72. The van der Waals surface area contributed by atoms with Crippen LogP contribution in [0.4, 0.5) is 0 Å². The molecule has 2 aromatic heterocycles. The van der Waals surface area contributed by atoms with Gasteiger partial charge in [0.1, 0.15) is 17.3 Å². The minimum Gasteiger partial charge on any atom is -0.497 e. The van der Waals surface area contributed by atoms with Crippen LogP contribution in [0.25, 0.3) is 11.0 Å². The van der Waals surface area contributed by atoms with E-state index in [2.05, 4.69) is 9.97 Å². The lowest BCUT2D eigenvalue weighted by Crippen LogP contribution is -2.14. The summed E-state index contributed by atoms with van der Waals surface area (Å²) in [4.78, 5) is 21.9. The summed E-state index contributed by atoms with van der Waals surface area (Å²) in [6, 6.07) is 15.5. The maximum Gasteiger partial charge on any atom is 0.283 e. The molecule has 130 valence electrons. The Bertz CT molecular complexity index is 1080. The maximum atomic E-state index is 12.9. The molecule has 0 saturated heterocycles. The molecule has 0 N–H and O–H groups in total. The zero-order chi connectivity index (χ0) is 18.1. The minimum atomic E-state index is -0.145. The van der Waals surface area contributed by atoms with Crippen LogP contribution >= 0.6 is 11.3 Å². The van der Waals surface area contributed by atoms with Crippen molar-refractivity contribution in [3.05, 3.63) is 76.0 Å². The van der Waals surface area contributed by atoms with E-state index in [9.17, 15) is 4.79 Å². The van der Waals surface area contributed by atoms with Crippen LogP contribution in [0.15, 0.2) is 53.9 Å². The van der Waals surface area contributed by atoms with Gasteiger partial charge in [0.15, 0.2) is 0 Å². The Kier molecular flexibility index (Phi) is 4.26. The van der Waals surface area contributed by atoms with Gasteiger partial charge < -0.3 is 4.74 Å². The molecule has 2 aromatic carbocycles. The first-order chi connectivity index (χ1) is 12.7. The topological polar surface area (TPSA) is 57.0 Å². The summed E-state index contributed by atoms with van der Waals surface area (Å²) in [6.45, 7) is 1.84. The lowest BCUT2D eigenvalue weighted by molar-refractivity contribution is 0.0958. The SMILES string of the molecule is COc1ccc(Cc2nc(C(=O)n3c(C)nc4ccccc43)cs2)cc1. The molecule has 0 amide bonds. The molecular weight excluding hydrogens is 346 g/mol. The number of rotatable bonds is 4. The van der Waals surface area contributed by atoms with Crippen LogP contribution < -0.4 is 4.74 Å². The number of methoxy groups -OCH3 is 1. The third kappa shape index (κ3) is 2.99. The number of nitrogens with zero attached hydrogens (tertiary/aromatic N) is 3. The lowest BCUT2D eigenvalue weighted by atomic mass is 10.1. The number of carbonyl (C=O) groups is 1. The van der Waals surface area contributed by atoms with Crippen molar-refractivity contribution in [3.8, 4) is 5.75 Å². The second kappa shape index (κ2) is 6.72. The molecule has 0 fully saturated rings. The number of thiazole rings is 1. The third-order valence-corrected chi connectivity index (χ3v) is 5.07. The minimum absolute atomic E-state index is 0.145. The average molecular weight is 363 g/mol. The van der Waals surface area contributed by atoms with Gasteiger partial charge in [0.2, 0.25) is 0 Å². The second-order valence-corrected chi connectivity index (χ2v) is 6.88. The predicted octanol–water partition coefficient (Wildman–Crippen LogP) is 4.09. The summed E-state index contributed by atoms with van der Waals surface area (Å²) in [7, 11) is 1.65. The number of para-hydroxylation sites is 2. The van der Waals surface area contributed by atoms with Crippen molar-refractivity contribution in [2.75, 3.05) is 7.11 Å². The first-order valence-corrected chi connectivity index (χ1v) is 9.10. The molecule has 2 heterocycles. The molecule has 26 heavy (non-hydrogen) atoms. The van der Waals surface area contributed by atoms with Gasteiger partial charge in [-0.05, 0) is 36.8 Å². The van der Waals surface area contributed by atoms with E-state index in [0.29, 0.717) is 17.9 Å². The summed E-state index contributed by atoms with van der Waals surface area (Å²) >= 11 is 1.49. The summed E-state index contributed by atoms with van der Waals surface area (Å²) < 4.78 is 6.80. The normalized spacial score (nSPS) is 11.0. The lowest BCUT2D eigenvalue weighted by Gasteiger charge is -2.03. The van der Waals surface area contributed by atoms with Gasteiger partial charge in [0.25, 0.3) is 5.91 Å². The molecule has 0 radical (unpaired) electrons. The molecule has 0 bridgehead atoms. The molecule has 0 spiro atoms.